The standard InChI is InChI=1S/C11H12N2O2/c1-13-8-4-5-15-10(8)6-9(13)11(14)12-7-2-3-7/h4-7H,2-3H2,1H3,(H,12,14). The fourth-order valence-electron chi connectivity index (χ4n) is 1.75. The Morgan fingerprint density at radius 3 is 3.07 bits per heavy atom. The molecule has 0 aliphatic heterocycles. The first-order valence-electron chi connectivity index (χ1n) is 5.09. The Balaban J connectivity index is 1.98. The van der Waals surface area contributed by atoms with Gasteiger partial charge in [0.1, 0.15) is 5.69 Å². The number of rotatable bonds is 2. The van der Waals surface area contributed by atoms with E-state index in [-0.39, 0.29) is 5.91 Å². The van der Waals surface area contributed by atoms with Crippen molar-refractivity contribution in [2.45, 2.75) is 18.9 Å². The quantitative estimate of drug-likeness (QED) is 0.808. The van der Waals surface area contributed by atoms with Gasteiger partial charge in [-0.25, -0.2) is 0 Å². The van der Waals surface area contributed by atoms with Crippen molar-refractivity contribution in [3.05, 3.63) is 24.1 Å². The molecule has 0 unspecified atom stereocenters. The molecule has 1 amide bonds. The molecule has 0 atom stereocenters. The second-order valence-corrected chi connectivity index (χ2v) is 4.01. The van der Waals surface area contributed by atoms with E-state index >= 15 is 0 Å². The zero-order valence-electron chi connectivity index (χ0n) is 8.49. The van der Waals surface area contributed by atoms with Crippen molar-refractivity contribution in [2.24, 2.45) is 7.05 Å². The van der Waals surface area contributed by atoms with Gasteiger partial charge in [-0.05, 0) is 12.8 Å². The number of hydrogen-bond donors (Lipinski definition) is 1. The fraction of sp³-hybridized carbons (Fsp3) is 0.364. The fourth-order valence-corrected chi connectivity index (χ4v) is 1.75. The Kier molecular flexibility index (Phi) is 1.65. The lowest BCUT2D eigenvalue weighted by Crippen LogP contribution is -2.27. The third-order valence-electron chi connectivity index (χ3n) is 2.81. The maximum absolute atomic E-state index is 11.8. The average molecular weight is 204 g/mol. The van der Waals surface area contributed by atoms with E-state index < -0.39 is 0 Å². The number of aryl methyl sites for hydroxylation is 1. The highest BCUT2D eigenvalue weighted by Crippen LogP contribution is 2.22. The lowest BCUT2D eigenvalue weighted by atomic mass is 10.4. The van der Waals surface area contributed by atoms with E-state index in [1.807, 2.05) is 17.7 Å². The highest BCUT2D eigenvalue weighted by atomic mass is 16.3. The molecule has 2 heterocycles. The highest BCUT2D eigenvalue weighted by Gasteiger charge is 2.25. The van der Waals surface area contributed by atoms with Gasteiger partial charge in [-0.3, -0.25) is 4.79 Å². The molecule has 1 N–H and O–H groups in total. The van der Waals surface area contributed by atoms with Crippen LogP contribution in [-0.4, -0.2) is 16.5 Å². The molecular weight excluding hydrogens is 192 g/mol. The van der Waals surface area contributed by atoms with E-state index in [2.05, 4.69) is 5.32 Å². The van der Waals surface area contributed by atoms with Crippen LogP contribution in [0.25, 0.3) is 11.1 Å². The van der Waals surface area contributed by atoms with E-state index in [9.17, 15) is 4.79 Å². The van der Waals surface area contributed by atoms with Crippen molar-refractivity contribution in [2.75, 3.05) is 0 Å². The van der Waals surface area contributed by atoms with Crippen LogP contribution in [0.4, 0.5) is 0 Å². The van der Waals surface area contributed by atoms with Gasteiger partial charge in [-0.2, -0.15) is 0 Å². The lowest BCUT2D eigenvalue weighted by molar-refractivity contribution is 0.0943. The number of carbonyl (C=O) groups excluding carboxylic acids is 1. The molecule has 0 aromatic carbocycles. The van der Waals surface area contributed by atoms with Gasteiger partial charge < -0.3 is 14.3 Å². The smallest absolute Gasteiger partial charge is 0.268 e. The van der Waals surface area contributed by atoms with Crippen LogP contribution < -0.4 is 5.32 Å². The summed E-state index contributed by atoms with van der Waals surface area (Å²) >= 11 is 0. The molecule has 78 valence electrons. The Bertz CT molecular complexity index is 520. The predicted molar refractivity (Wildman–Crippen MR) is 55.7 cm³/mol. The molecule has 3 rings (SSSR count). The minimum Gasteiger partial charge on any atom is -0.463 e. The summed E-state index contributed by atoms with van der Waals surface area (Å²) in [5.74, 6) is -0.00796. The number of carbonyl (C=O) groups is 1. The largest absolute Gasteiger partial charge is 0.463 e. The minimum absolute atomic E-state index is 0.00796. The molecular formula is C11H12N2O2. The van der Waals surface area contributed by atoms with Gasteiger partial charge in [0.2, 0.25) is 0 Å². The summed E-state index contributed by atoms with van der Waals surface area (Å²) in [7, 11) is 1.87. The first kappa shape index (κ1) is 8.59. The maximum Gasteiger partial charge on any atom is 0.268 e. The summed E-state index contributed by atoms with van der Waals surface area (Å²) in [6.45, 7) is 0. The topological polar surface area (TPSA) is 47.2 Å². The maximum atomic E-state index is 11.8. The molecule has 0 spiro atoms. The molecule has 4 heteroatoms. The molecule has 2 aromatic rings. The first-order chi connectivity index (χ1) is 7.25. The summed E-state index contributed by atoms with van der Waals surface area (Å²) < 4.78 is 7.11. The normalized spacial score (nSPS) is 15.8. The zero-order chi connectivity index (χ0) is 10.4. The number of amides is 1. The summed E-state index contributed by atoms with van der Waals surface area (Å²) in [4.78, 5) is 11.8. The monoisotopic (exact) mass is 204 g/mol. The molecule has 15 heavy (non-hydrogen) atoms. The van der Waals surface area contributed by atoms with Crippen molar-refractivity contribution in [3.8, 4) is 0 Å². The van der Waals surface area contributed by atoms with Crippen molar-refractivity contribution in [1.82, 2.24) is 9.88 Å². The van der Waals surface area contributed by atoms with Gasteiger partial charge in [0.25, 0.3) is 5.91 Å². The van der Waals surface area contributed by atoms with Crippen LogP contribution >= 0.6 is 0 Å². The van der Waals surface area contributed by atoms with Crippen LogP contribution in [0, 0.1) is 0 Å². The summed E-state index contributed by atoms with van der Waals surface area (Å²) in [6, 6.07) is 4.04. The number of aromatic nitrogens is 1. The van der Waals surface area contributed by atoms with Crippen LogP contribution in [0.1, 0.15) is 23.3 Å². The number of fused-ring (bicyclic) bond motifs is 1. The Morgan fingerprint density at radius 1 is 1.60 bits per heavy atom. The zero-order valence-corrected chi connectivity index (χ0v) is 8.49. The number of furan rings is 1. The van der Waals surface area contributed by atoms with E-state index in [4.69, 9.17) is 4.42 Å². The average Bonchev–Trinajstić information content (AvgIpc) is 2.80. The van der Waals surface area contributed by atoms with Crippen molar-refractivity contribution in [1.29, 1.82) is 0 Å². The molecule has 0 bridgehead atoms. The number of nitrogens with zero attached hydrogens (tertiary/aromatic N) is 1. The van der Waals surface area contributed by atoms with Crippen molar-refractivity contribution >= 4 is 17.0 Å². The van der Waals surface area contributed by atoms with Crippen LogP contribution in [0.3, 0.4) is 0 Å². The van der Waals surface area contributed by atoms with Crippen LogP contribution in [0.15, 0.2) is 22.8 Å². The highest BCUT2D eigenvalue weighted by molar-refractivity contribution is 5.97. The summed E-state index contributed by atoms with van der Waals surface area (Å²) in [5, 5.41) is 2.96. The number of hydrogen-bond acceptors (Lipinski definition) is 2. The van der Waals surface area contributed by atoms with Crippen molar-refractivity contribution < 1.29 is 9.21 Å². The molecule has 4 nitrogen and oxygen atoms in total. The second kappa shape index (κ2) is 2.89. The van der Waals surface area contributed by atoms with Crippen LogP contribution in [-0.2, 0) is 7.05 Å². The minimum atomic E-state index is -0.00796. The van der Waals surface area contributed by atoms with E-state index in [1.165, 1.54) is 0 Å². The lowest BCUT2D eigenvalue weighted by Gasteiger charge is -2.03. The molecule has 1 aliphatic carbocycles. The first-order valence-corrected chi connectivity index (χ1v) is 5.09. The van der Waals surface area contributed by atoms with Gasteiger partial charge in [0.15, 0.2) is 5.58 Å². The van der Waals surface area contributed by atoms with E-state index in [0.717, 1.165) is 23.9 Å². The van der Waals surface area contributed by atoms with Gasteiger partial charge in [-0.15, -0.1) is 0 Å². The molecule has 1 aliphatic rings. The van der Waals surface area contributed by atoms with Gasteiger partial charge in [0.05, 0.1) is 11.8 Å². The third kappa shape index (κ3) is 1.33. The van der Waals surface area contributed by atoms with E-state index in [1.54, 1.807) is 12.3 Å². The molecule has 0 saturated heterocycles. The van der Waals surface area contributed by atoms with Gasteiger partial charge in [0, 0.05) is 25.2 Å². The number of nitrogens with one attached hydrogen (secondary N) is 1. The SMILES string of the molecule is Cn1c(C(=O)NC2CC2)cc2occc21. The summed E-state index contributed by atoms with van der Waals surface area (Å²) in [5.41, 5.74) is 2.38. The molecule has 2 aromatic heterocycles. The summed E-state index contributed by atoms with van der Waals surface area (Å²) in [6.07, 6.45) is 3.84. The van der Waals surface area contributed by atoms with Gasteiger partial charge >= 0.3 is 0 Å². The van der Waals surface area contributed by atoms with E-state index in [0.29, 0.717) is 11.7 Å². The Morgan fingerprint density at radius 2 is 2.40 bits per heavy atom. The second-order valence-electron chi connectivity index (χ2n) is 4.01. The van der Waals surface area contributed by atoms with Gasteiger partial charge in [-0.1, -0.05) is 0 Å². The predicted octanol–water partition coefficient (Wildman–Crippen LogP) is 1.66. The molecule has 1 fully saturated rings. The molecule has 0 radical (unpaired) electrons. The van der Waals surface area contributed by atoms with Crippen LogP contribution in [0.2, 0.25) is 0 Å². The Hall–Kier alpha value is -1.71. The molecule has 1 saturated carbocycles. The van der Waals surface area contributed by atoms with Crippen molar-refractivity contribution in [3.63, 3.8) is 0 Å². The van der Waals surface area contributed by atoms with Crippen LogP contribution in [0.5, 0.6) is 0 Å². The third-order valence-corrected chi connectivity index (χ3v) is 2.81. The Labute approximate surface area is 86.9 Å².